The monoisotopic (exact) mass is 247 g/mol. The molecule has 1 N–H and O–H groups in total. The topological polar surface area (TPSA) is 48.2 Å². The molecule has 0 amide bonds. The maximum atomic E-state index is 8.60. The highest BCUT2D eigenvalue weighted by Crippen LogP contribution is 2.25. The van der Waals surface area contributed by atoms with E-state index in [9.17, 15) is 0 Å². The third-order valence-electron chi connectivity index (χ3n) is 2.48. The van der Waals surface area contributed by atoms with Gasteiger partial charge in [0.25, 0.3) is 0 Å². The van der Waals surface area contributed by atoms with E-state index in [2.05, 4.69) is 42.4 Å². The number of hydrogen-bond donors (Lipinski definition) is 1. The molecule has 0 bridgehead atoms. The van der Waals surface area contributed by atoms with Gasteiger partial charge in [-0.25, -0.2) is 4.99 Å². The summed E-state index contributed by atoms with van der Waals surface area (Å²) in [5.41, 5.74) is 3.29. The predicted octanol–water partition coefficient (Wildman–Crippen LogP) is 3.54. The van der Waals surface area contributed by atoms with Crippen molar-refractivity contribution in [3.05, 3.63) is 29.3 Å². The highest BCUT2D eigenvalue weighted by molar-refractivity contribution is 8.13. The zero-order valence-corrected chi connectivity index (χ0v) is 11.4. The van der Waals surface area contributed by atoms with Crippen molar-refractivity contribution >= 4 is 22.6 Å². The molecular formula is C13H17N3S. The Morgan fingerprint density at radius 3 is 2.71 bits per heavy atom. The number of aliphatic imine (C=N–C) groups is 1. The van der Waals surface area contributed by atoms with Gasteiger partial charge < -0.3 is 0 Å². The Hall–Kier alpha value is -1.47. The fraction of sp³-hybridized carbons (Fsp3) is 0.385. The molecule has 0 aliphatic carbocycles. The molecule has 0 unspecified atom stereocenters. The molecule has 1 aromatic carbocycles. The lowest BCUT2D eigenvalue weighted by Crippen LogP contribution is -2.12. The first kappa shape index (κ1) is 13.6. The third-order valence-corrected chi connectivity index (χ3v) is 3.06. The molecule has 0 radical (unpaired) electrons. The maximum absolute atomic E-state index is 8.60. The van der Waals surface area contributed by atoms with Crippen LogP contribution in [-0.2, 0) is 0 Å². The number of thioether (sulfide) groups is 1. The fourth-order valence-corrected chi connectivity index (χ4v) is 1.73. The zero-order valence-electron chi connectivity index (χ0n) is 10.6. The van der Waals surface area contributed by atoms with E-state index in [4.69, 9.17) is 5.26 Å². The summed E-state index contributed by atoms with van der Waals surface area (Å²) < 4.78 is 0. The SMILES string of the molecule is CSC(=Nc1cc(C(C)C)ccc1C)NC#N. The van der Waals surface area contributed by atoms with E-state index in [0.717, 1.165) is 11.3 Å². The van der Waals surface area contributed by atoms with Crippen molar-refractivity contribution < 1.29 is 0 Å². The van der Waals surface area contributed by atoms with Crippen LogP contribution in [0.1, 0.15) is 30.9 Å². The smallest absolute Gasteiger partial charge is 0.183 e. The second-order valence-electron chi connectivity index (χ2n) is 4.06. The standard InChI is InChI=1S/C13H17N3S/c1-9(2)11-6-5-10(3)12(7-11)16-13(17-4)15-8-14/h5-7,9H,1-4H3,(H,15,16). The largest absolute Gasteiger partial charge is 0.271 e. The highest BCUT2D eigenvalue weighted by atomic mass is 32.2. The molecule has 90 valence electrons. The second-order valence-corrected chi connectivity index (χ2v) is 4.85. The first-order valence-corrected chi connectivity index (χ1v) is 6.69. The number of nitrogens with zero attached hydrogens (tertiary/aromatic N) is 2. The van der Waals surface area contributed by atoms with Crippen molar-refractivity contribution in [1.82, 2.24) is 5.32 Å². The van der Waals surface area contributed by atoms with Gasteiger partial charge in [0.15, 0.2) is 11.4 Å². The normalized spacial score (nSPS) is 11.4. The summed E-state index contributed by atoms with van der Waals surface area (Å²) in [6.45, 7) is 6.33. The van der Waals surface area contributed by atoms with E-state index in [0.29, 0.717) is 11.1 Å². The molecule has 0 spiro atoms. The molecule has 1 rings (SSSR count). The fourth-order valence-electron chi connectivity index (χ4n) is 1.39. The van der Waals surface area contributed by atoms with Crippen LogP contribution in [0.15, 0.2) is 23.2 Å². The molecule has 3 nitrogen and oxygen atoms in total. The van der Waals surface area contributed by atoms with Crippen LogP contribution in [0.3, 0.4) is 0 Å². The minimum absolute atomic E-state index is 0.478. The van der Waals surface area contributed by atoms with E-state index < -0.39 is 0 Å². The first-order valence-electron chi connectivity index (χ1n) is 5.46. The number of nitrogens with one attached hydrogen (secondary N) is 1. The second kappa shape index (κ2) is 6.31. The van der Waals surface area contributed by atoms with Crippen molar-refractivity contribution in [2.24, 2.45) is 4.99 Å². The molecule has 0 aliphatic heterocycles. The molecule has 0 aliphatic rings. The van der Waals surface area contributed by atoms with Gasteiger partial charge in [-0.15, -0.1) is 0 Å². The molecule has 4 heteroatoms. The minimum Gasteiger partial charge on any atom is -0.271 e. The van der Waals surface area contributed by atoms with Gasteiger partial charge in [-0.1, -0.05) is 37.7 Å². The summed E-state index contributed by atoms with van der Waals surface area (Å²) in [6.07, 6.45) is 3.79. The zero-order chi connectivity index (χ0) is 12.8. The van der Waals surface area contributed by atoms with Crippen molar-refractivity contribution in [2.45, 2.75) is 26.7 Å². The Bertz CT molecular complexity index is 458. The Morgan fingerprint density at radius 1 is 1.47 bits per heavy atom. The van der Waals surface area contributed by atoms with Crippen molar-refractivity contribution in [2.75, 3.05) is 6.26 Å². The van der Waals surface area contributed by atoms with Crippen LogP contribution in [0.4, 0.5) is 5.69 Å². The van der Waals surface area contributed by atoms with E-state index >= 15 is 0 Å². The van der Waals surface area contributed by atoms with E-state index in [1.54, 1.807) is 0 Å². The summed E-state index contributed by atoms with van der Waals surface area (Å²) in [5, 5.41) is 11.8. The number of nitriles is 1. The van der Waals surface area contributed by atoms with Gasteiger partial charge in [0.1, 0.15) is 0 Å². The minimum atomic E-state index is 0.478. The predicted molar refractivity (Wildman–Crippen MR) is 74.6 cm³/mol. The van der Waals surface area contributed by atoms with Crippen LogP contribution >= 0.6 is 11.8 Å². The summed E-state index contributed by atoms with van der Waals surface area (Å²) in [6, 6.07) is 6.27. The van der Waals surface area contributed by atoms with Gasteiger partial charge in [0.2, 0.25) is 0 Å². The van der Waals surface area contributed by atoms with Gasteiger partial charge in [-0.2, -0.15) is 5.26 Å². The summed E-state index contributed by atoms with van der Waals surface area (Å²) >= 11 is 1.43. The number of rotatable bonds is 2. The number of benzene rings is 1. The first-order chi connectivity index (χ1) is 8.08. The lowest BCUT2D eigenvalue weighted by Gasteiger charge is -2.09. The summed E-state index contributed by atoms with van der Waals surface area (Å²) in [7, 11) is 0. The van der Waals surface area contributed by atoms with Gasteiger partial charge in [0.05, 0.1) is 5.69 Å². The molecule has 0 fully saturated rings. The van der Waals surface area contributed by atoms with Crippen LogP contribution in [0.5, 0.6) is 0 Å². The molecular weight excluding hydrogens is 230 g/mol. The molecule has 0 heterocycles. The average Bonchev–Trinajstić information content (AvgIpc) is 2.30. The molecule has 17 heavy (non-hydrogen) atoms. The number of aryl methyl sites for hydroxylation is 1. The molecule has 0 atom stereocenters. The maximum Gasteiger partial charge on any atom is 0.183 e. The van der Waals surface area contributed by atoms with Crippen LogP contribution < -0.4 is 5.32 Å². The van der Waals surface area contributed by atoms with Gasteiger partial charge in [-0.3, -0.25) is 5.32 Å². The van der Waals surface area contributed by atoms with Gasteiger partial charge >= 0.3 is 0 Å². The van der Waals surface area contributed by atoms with Crippen LogP contribution in [0.25, 0.3) is 0 Å². The van der Waals surface area contributed by atoms with Crippen LogP contribution in [0, 0.1) is 18.4 Å². The molecule has 0 aromatic heterocycles. The van der Waals surface area contributed by atoms with E-state index in [1.807, 2.05) is 19.4 Å². The summed E-state index contributed by atoms with van der Waals surface area (Å²) in [4.78, 5) is 4.46. The summed E-state index contributed by atoms with van der Waals surface area (Å²) in [5.74, 6) is 0.478. The molecule has 0 saturated carbocycles. The van der Waals surface area contributed by atoms with Crippen LogP contribution in [0.2, 0.25) is 0 Å². The average molecular weight is 247 g/mol. The number of hydrogen-bond acceptors (Lipinski definition) is 3. The molecule has 0 saturated heterocycles. The van der Waals surface area contributed by atoms with Gasteiger partial charge in [0, 0.05) is 0 Å². The van der Waals surface area contributed by atoms with Crippen molar-refractivity contribution in [1.29, 1.82) is 5.26 Å². The molecule has 1 aromatic rings. The van der Waals surface area contributed by atoms with Gasteiger partial charge in [-0.05, 0) is 36.3 Å². The van der Waals surface area contributed by atoms with E-state index in [-0.39, 0.29) is 0 Å². The van der Waals surface area contributed by atoms with Crippen molar-refractivity contribution in [3.63, 3.8) is 0 Å². The Morgan fingerprint density at radius 2 is 2.18 bits per heavy atom. The third kappa shape index (κ3) is 3.79. The lowest BCUT2D eigenvalue weighted by molar-refractivity contribution is 0.866. The Kier molecular flexibility index (Phi) is 5.05. The quantitative estimate of drug-likeness (QED) is 0.376. The highest BCUT2D eigenvalue weighted by Gasteiger charge is 2.04. The lowest BCUT2D eigenvalue weighted by atomic mass is 10.0. The van der Waals surface area contributed by atoms with Crippen LogP contribution in [-0.4, -0.2) is 11.4 Å². The number of amidine groups is 1. The van der Waals surface area contributed by atoms with Crippen molar-refractivity contribution in [3.8, 4) is 6.19 Å². The Labute approximate surface area is 107 Å². The van der Waals surface area contributed by atoms with E-state index in [1.165, 1.54) is 17.3 Å². The Balaban J connectivity index is 3.12.